The van der Waals surface area contributed by atoms with Gasteiger partial charge in [0.05, 0.1) is 12.1 Å². The minimum Gasteiger partial charge on any atom is -0.508 e. The largest absolute Gasteiger partial charge is 0.508 e. The number of benzene rings is 3. The average Bonchev–Trinajstić information content (AvgIpc) is 3.65. The molecule has 10 rings (SSSR count). The Morgan fingerprint density at radius 3 is 2.47 bits per heavy atom. The minimum absolute atomic E-state index is 0.0455. The zero-order chi connectivity index (χ0) is 33.2. The molecular weight excluding hydrogens is 621 g/mol. The second-order valence-corrected chi connectivity index (χ2v) is 14.8. The maximum Gasteiger partial charge on any atom is 0.319 e. The van der Waals surface area contributed by atoms with Crippen molar-refractivity contribution in [1.29, 1.82) is 0 Å². The van der Waals surface area contributed by atoms with Crippen molar-refractivity contribution < 1.29 is 19.0 Å². The van der Waals surface area contributed by atoms with Gasteiger partial charge in [-0.3, -0.25) is 0 Å². The van der Waals surface area contributed by atoms with E-state index < -0.39 is 5.82 Å². The first kappa shape index (κ1) is 30.8. The van der Waals surface area contributed by atoms with Crippen molar-refractivity contribution in [3.8, 4) is 22.9 Å². The van der Waals surface area contributed by atoms with Crippen LogP contribution in [0.5, 0.6) is 11.8 Å². The maximum atomic E-state index is 16.8. The zero-order valence-electron chi connectivity index (χ0n) is 28.0. The van der Waals surface area contributed by atoms with Crippen molar-refractivity contribution in [2.24, 2.45) is 5.92 Å². The van der Waals surface area contributed by atoms with Gasteiger partial charge < -0.3 is 34.8 Å². The number of hydrogen-bond donors (Lipinski definition) is 2. The van der Waals surface area contributed by atoms with Gasteiger partial charge in [0, 0.05) is 42.7 Å². The van der Waals surface area contributed by atoms with E-state index in [1.807, 2.05) is 30.3 Å². The van der Waals surface area contributed by atoms with Crippen LogP contribution in [0.3, 0.4) is 0 Å². The van der Waals surface area contributed by atoms with Crippen molar-refractivity contribution in [3.05, 3.63) is 54.3 Å². The van der Waals surface area contributed by atoms with Gasteiger partial charge in [-0.2, -0.15) is 9.97 Å². The number of phenols is 1. The summed E-state index contributed by atoms with van der Waals surface area (Å²) >= 11 is 0. The Hall–Kier alpha value is -4.22. The number of aromatic hydroxyl groups is 1. The Bertz CT molecular complexity index is 1900. The Morgan fingerprint density at radius 2 is 1.73 bits per heavy atom. The molecule has 2 amide bonds. The lowest BCUT2D eigenvalue weighted by atomic mass is 9.84. The molecule has 7 heterocycles. The fourth-order valence-electron chi connectivity index (χ4n) is 9.29. The number of ether oxygens (including phenoxy) is 1. The Morgan fingerprint density at radius 1 is 0.939 bits per heavy atom. The molecule has 256 valence electrons. The highest BCUT2D eigenvalue weighted by Gasteiger charge is 2.45. The molecule has 4 aromatic rings. The standard InChI is InChI=1S/C38H44FN7O3/c1-43-14-4-6-27(43)22-49-37-41-35-31(11-10-30(34(35)39)32-18-28(47)17-24-5-2-3-7-29(24)32)36(42-37)45-19-25-8-9-26(20-45)46(25)38(48)40-33-21-44-15-12-23(33)13-16-44/h2-3,5,7,10-11,17-18,23,25-27,33,47H,4,6,8-9,12-16,19-22H2,1H3,(H,40,48). The molecule has 6 aliphatic rings. The summed E-state index contributed by atoms with van der Waals surface area (Å²) in [6, 6.07) is 15.4. The number of piperidine rings is 3. The van der Waals surface area contributed by atoms with Crippen LogP contribution in [0.4, 0.5) is 15.0 Å². The molecule has 6 saturated heterocycles. The third kappa shape index (κ3) is 5.51. The summed E-state index contributed by atoms with van der Waals surface area (Å²) in [6.45, 7) is 5.91. The highest BCUT2D eigenvalue weighted by molar-refractivity contribution is 6.01. The number of likely N-dealkylation sites (N-methyl/N-ethyl adjacent to an activating group) is 1. The highest BCUT2D eigenvalue weighted by Crippen LogP contribution is 2.40. The molecule has 4 unspecified atom stereocenters. The van der Waals surface area contributed by atoms with E-state index in [0.29, 0.717) is 47.9 Å². The van der Waals surface area contributed by atoms with E-state index in [9.17, 15) is 9.90 Å². The van der Waals surface area contributed by atoms with E-state index in [4.69, 9.17) is 14.7 Å². The van der Waals surface area contributed by atoms with Gasteiger partial charge in [0.1, 0.15) is 23.7 Å². The fraction of sp³-hybridized carbons (Fsp3) is 0.500. The summed E-state index contributed by atoms with van der Waals surface area (Å²) in [6.07, 6.45) is 6.33. The van der Waals surface area contributed by atoms with Gasteiger partial charge in [-0.1, -0.05) is 30.3 Å². The van der Waals surface area contributed by atoms with Gasteiger partial charge in [0.2, 0.25) is 0 Å². The zero-order valence-corrected chi connectivity index (χ0v) is 28.0. The van der Waals surface area contributed by atoms with Crippen molar-refractivity contribution in [3.63, 3.8) is 0 Å². The number of urea groups is 1. The van der Waals surface area contributed by atoms with Crippen LogP contribution in [0.2, 0.25) is 0 Å². The van der Waals surface area contributed by atoms with Crippen molar-refractivity contribution in [2.45, 2.75) is 62.7 Å². The lowest BCUT2D eigenvalue weighted by molar-refractivity contribution is 0.0700. The summed E-state index contributed by atoms with van der Waals surface area (Å²) in [7, 11) is 2.10. The van der Waals surface area contributed by atoms with Gasteiger partial charge in [0.15, 0.2) is 5.82 Å². The highest BCUT2D eigenvalue weighted by atomic mass is 19.1. The lowest BCUT2D eigenvalue weighted by Gasteiger charge is -2.47. The number of anilines is 1. The molecule has 0 spiro atoms. The summed E-state index contributed by atoms with van der Waals surface area (Å²) in [5, 5.41) is 16.3. The third-order valence-electron chi connectivity index (χ3n) is 12.0. The molecule has 1 aromatic heterocycles. The van der Waals surface area contributed by atoms with Gasteiger partial charge in [-0.15, -0.1) is 0 Å². The monoisotopic (exact) mass is 665 g/mol. The second kappa shape index (κ2) is 12.3. The first-order chi connectivity index (χ1) is 23.9. The number of carbonyl (C=O) groups excluding carboxylic acids is 1. The number of aromatic nitrogens is 2. The summed E-state index contributed by atoms with van der Waals surface area (Å²) in [5.74, 6) is 0.811. The van der Waals surface area contributed by atoms with Crippen molar-refractivity contribution in [1.82, 2.24) is 30.0 Å². The number of phenolic OH excluding ortho intramolecular Hbond substituents is 1. The topological polar surface area (TPSA) is 97.3 Å². The molecule has 0 saturated carbocycles. The number of rotatable bonds is 6. The third-order valence-corrected chi connectivity index (χ3v) is 12.0. The number of halogens is 1. The Kier molecular flexibility index (Phi) is 7.72. The molecule has 6 aliphatic heterocycles. The molecule has 49 heavy (non-hydrogen) atoms. The smallest absolute Gasteiger partial charge is 0.319 e. The number of carbonyl (C=O) groups is 1. The van der Waals surface area contributed by atoms with Gasteiger partial charge >= 0.3 is 12.0 Å². The van der Waals surface area contributed by atoms with E-state index in [0.717, 1.165) is 75.5 Å². The van der Waals surface area contributed by atoms with E-state index in [-0.39, 0.29) is 47.5 Å². The van der Waals surface area contributed by atoms with Crippen LogP contribution < -0.4 is 15.0 Å². The molecular formula is C38H44FN7O3. The average molecular weight is 666 g/mol. The number of fused-ring (bicyclic) bond motifs is 7. The fourth-order valence-corrected chi connectivity index (χ4v) is 9.29. The number of hydrogen-bond acceptors (Lipinski definition) is 8. The second-order valence-electron chi connectivity index (χ2n) is 14.8. The number of amides is 2. The molecule has 0 aliphatic carbocycles. The van der Waals surface area contributed by atoms with Crippen LogP contribution in [-0.2, 0) is 0 Å². The predicted octanol–water partition coefficient (Wildman–Crippen LogP) is 5.22. The van der Waals surface area contributed by atoms with E-state index in [1.165, 1.54) is 0 Å². The van der Waals surface area contributed by atoms with Gasteiger partial charge in [-0.05, 0) is 106 Å². The normalized spacial score (nSPS) is 28.1. The van der Waals surface area contributed by atoms with Crippen LogP contribution in [-0.4, -0.2) is 113 Å². The number of piperazine rings is 1. The van der Waals surface area contributed by atoms with Crippen LogP contribution in [0.1, 0.15) is 38.5 Å². The van der Waals surface area contributed by atoms with E-state index >= 15 is 4.39 Å². The van der Waals surface area contributed by atoms with Gasteiger partial charge in [-0.25, -0.2) is 9.18 Å². The molecule has 0 radical (unpaired) electrons. The predicted molar refractivity (Wildman–Crippen MR) is 188 cm³/mol. The summed E-state index contributed by atoms with van der Waals surface area (Å²) < 4.78 is 23.1. The summed E-state index contributed by atoms with van der Waals surface area (Å²) in [4.78, 5) is 32.4. The minimum atomic E-state index is -0.474. The van der Waals surface area contributed by atoms with Gasteiger partial charge in [0.25, 0.3) is 0 Å². The first-order valence-corrected chi connectivity index (χ1v) is 18.0. The molecule has 4 atom stereocenters. The first-order valence-electron chi connectivity index (χ1n) is 18.0. The van der Waals surface area contributed by atoms with Crippen LogP contribution in [0, 0.1) is 11.7 Å². The van der Waals surface area contributed by atoms with Crippen LogP contribution >= 0.6 is 0 Å². The van der Waals surface area contributed by atoms with Crippen molar-refractivity contribution in [2.75, 3.05) is 57.8 Å². The lowest BCUT2D eigenvalue weighted by Crippen LogP contribution is -2.63. The number of nitrogens with zero attached hydrogens (tertiary/aromatic N) is 6. The number of likely N-dealkylation sites (tertiary alicyclic amines) is 1. The maximum absolute atomic E-state index is 16.8. The van der Waals surface area contributed by atoms with Crippen molar-refractivity contribution >= 4 is 33.5 Å². The molecule has 11 heteroatoms. The van der Waals surface area contributed by atoms with Crippen LogP contribution in [0.25, 0.3) is 32.8 Å². The summed E-state index contributed by atoms with van der Waals surface area (Å²) in [5.41, 5.74) is 1.16. The SMILES string of the molecule is CN1CCCC1COc1nc(N2CC3CCC(C2)N3C(=O)NC2CN3CCC2CC3)c2ccc(-c3cc(O)cc4ccccc34)c(F)c2n1. The number of nitrogens with one attached hydrogen (secondary N) is 1. The quantitative estimate of drug-likeness (QED) is 0.290. The Balaban J connectivity index is 1.05. The van der Waals surface area contributed by atoms with E-state index in [2.05, 4.69) is 32.0 Å². The van der Waals surface area contributed by atoms with E-state index in [1.54, 1.807) is 18.2 Å². The van der Waals surface area contributed by atoms with Crippen LogP contribution in [0.15, 0.2) is 48.5 Å². The molecule has 4 bridgehead atoms. The molecule has 6 fully saturated rings. The Labute approximate surface area is 285 Å². The molecule has 3 aromatic carbocycles. The molecule has 10 nitrogen and oxygen atoms in total. The molecule has 2 N–H and O–H groups in total.